The Hall–Kier alpha value is -1.32. The summed E-state index contributed by atoms with van der Waals surface area (Å²) in [4.78, 5) is 24.7. The number of aromatic nitrogens is 2. The largest absolute Gasteiger partial charge is 0.328 e. The van der Waals surface area contributed by atoms with Crippen LogP contribution in [0.1, 0.15) is 25.8 Å². The van der Waals surface area contributed by atoms with Crippen LogP contribution in [-0.4, -0.2) is 9.55 Å². The minimum atomic E-state index is -0.316. The molecule has 0 radical (unpaired) electrons. The van der Waals surface area contributed by atoms with Gasteiger partial charge in [-0.15, -0.1) is 0 Å². The van der Waals surface area contributed by atoms with Gasteiger partial charge in [-0.3, -0.25) is 9.78 Å². The SMILES string of the molecule is CCCn1cc(CC)c(=O)[nH]c1=O. The van der Waals surface area contributed by atoms with Gasteiger partial charge in [0.05, 0.1) is 0 Å². The van der Waals surface area contributed by atoms with Crippen molar-refractivity contribution < 1.29 is 0 Å². The topological polar surface area (TPSA) is 54.9 Å². The van der Waals surface area contributed by atoms with Crippen LogP contribution < -0.4 is 11.2 Å². The Morgan fingerprint density at radius 3 is 2.62 bits per heavy atom. The highest BCUT2D eigenvalue weighted by Crippen LogP contribution is 1.90. The summed E-state index contributed by atoms with van der Waals surface area (Å²) in [6.07, 6.45) is 3.18. The smallest absolute Gasteiger partial charge is 0.300 e. The number of aromatic amines is 1. The van der Waals surface area contributed by atoms with Crippen LogP contribution in [0.15, 0.2) is 15.8 Å². The molecule has 13 heavy (non-hydrogen) atoms. The summed E-state index contributed by atoms with van der Waals surface area (Å²) < 4.78 is 1.54. The lowest BCUT2D eigenvalue weighted by Crippen LogP contribution is -2.31. The maximum atomic E-state index is 11.2. The summed E-state index contributed by atoms with van der Waals surface area (Å²) in [5, 5.41) is 0. The summed E-state index contributed by atoms with van der Waals surface area (Å²) in [5.41, 5.74) is 0.0805. The monoisotopic (exact) mass is 182 g/mol. The molecule has 1 aromatic heterocycles. The molecule has 72 valence electrons. The summed E-state index contributed by atoms with van der Waals surface area (Å²) in [6, 6.07) is 0. The third-order valence-electron chi connectivity index (χ3n) is 1.93. The highest BCUT2D eigenvalue weighted by Gasteiger charge is 2.00. The van der Waals surface area contributed by atoms with Crippen molar-refractivity contribution in [1.29, 1.82) is 0 Å². The fourth-order valence-electron chi connectivity index (χ4n) is 1.21. The second-order valence-electron chi connectivity index (χ2n) is 2.96. The van der Waals surface area contributed by atoms with Crippen LogP contribution in [0.3, 0.4) is 0 Å². The molecule has 0 saturated heterocycles. The van der Waals surface area contributed by atoms with E-state index in [1.54, 1.807) is 10.8 Å². The van der Waals surface area contributed by atoms with Gasteiger partial charge in [0.15, 0.2) is 0 Å². The lowest BCUT2D eigenvalue weighted by atomic mass is 10.2. The van der Waals surface area contributed by atoms with E-state index in [9.17, 15) is 9.59 Å². The summed E-state index contributed by atoms with van der Waals surface area (Å²) in [7, 11) is 0. The zero-order valence-corrected chi connectivity index (χ0v) is 7.96. The zero-order valence-electron chi connectivity index (χ0n) is 7.96. The van der Waals surface area contributed by atoms with E-state index < -0.39 is 0 Å². The molecule has 0 aromatic carbocycles. The standard InChI is InChI=1S/C9H14N2O2/c1-3-5-11-6-7(4-2)8(12)10-9(11)13/h6H,3-5H2,1-2H3,(H,10,12,13). The number of nitrogens with one attached hydrogen (secondary N) is 1. The molecule has 0 bridgehead atoms. The average Bonchev–Trinajstić information content (AvgIpc) is 2.10. The van der Waals surface area contributed by atoms with Crippen LogP contribution in [0.25, 0.3) is 0 Å². The first-order valence-electron chi connectivity index (χ1n) is 4.51. The number of hydrogen-bond acceptors (Lipinski definition) is 2. The zero-order chi connectivity index (χ0) is 9.84. The lowest BCUT2D eigenvalue weighted by molar-refractivity contribution is 0.625. The molecular weight excluding hydrogens is 168 g/mol. The van der Waals surface area contributed by atoms with E-state index in [2.05, 4.69) is 4.98 Å². The molecule has 0 fully saturated rings. The van der Waals surface area contributed by atoms with Crippen molar-refractivity contribution in [2.24, 2.45) is 0 Å². The molecule has 0 saturated carbocycles. The van der Waals surface area contributed by atoms with Gasteiger partial charge < -0.3 is 4.57 Å². The van der Waals surface area contributed by atoms with Gasteiger partial charge in [0.2, 0.25) is 0 Å². The maximum absolute atomic E-state index is 11.2. The Balaban J connectivity index is 3.22. The van der Waals surface area contributed by atoms with Gasteiger partial charge in [0.1, 0.15) is 0 Å². The maximum Gasteiger partial charge on any atom is 0.328 e. The Kier molecular flexibility index (Phi) is 3.06. The summed E-state index contributed by atoms with van der Waals surface area (Å²) in [6.45, 7) is 4.54. The average molecular weight is 182 g/mol. The van der Waals surface area contributed by atoms with Crippen molar-refractivity contribution in [3.05, 3.63) is 32.6 Å². The molecule has 1 N–H and O–H groups in total. The molecule has 1 rings (SSSR count). The van der Waals surface area contributed by atoms with Crippen LogP contribution >= 0.6 is 0 Å². The van der Waals surface area contributed by atoms with Crippen LogP contribution in [-0.2, 0) is 13.0 Å². The third-order valence-corrected chi connectivity index (χ3v) is 1.93. The molecule has 1 heterocycles. The van der Waals surface area contributed by atoms with Crippen molar-refractivity contribution in [3.8, 4) is 0 Å². The predicted molar refractivity (Wildman–Crippen MR) is 51.0 cm³/mol. The van der Waals surface area contributed by atoms with Crippen LogP contribution in [0.4, 0.5) is 0 Å². The fourth-order valence-corrected chi connectivity index (χ4v) is 1.21. The second kappa shape index (κ2) is 4.07. The Morgan fingerprint density at radius 1 is 1.38 bits per heavy atom. The molecule has 0 atom stereocenters. The molecule has 0 spiro atoms. The normalized spacial score (nSPS) is 10.3. The van der Waals surface area contributed by atoms with Gasteiger partial charge in [0.25, 0.3) is 5.56 Å². The van der Waals surface area contributed by atoms with Gasteiger partial charge in [-0.1, -0.05) is 13.8 Å². The minimum Gasteiger partial charge on any atom is -0.300 e. The number of H-pyrrole nitrogens is 1. The predicted octanol–water partition coefficient (Wildman–Crippen LogP) is 0.509. The van der Waals surface area contributed by atoms with Crippen molar-refractivity contribution in [1.82, 2.24) is 9.55 Å². The van der Waals surface area contributed by atoms with Crippen molar-refractivity contribution in [3.63, 3.8) is 0 Å². The van der Waals surface area contributed by atoms with Gasteiger partial charge in [-0.05, 0) is 12.8 Å². The van der Waals surface area contributed by atoms with E-state index in [0.29, 0.717) is 18.5 Å². The van der Waals surface area contributed by atoms with E-state index in [-0.39, 0.29) is 11.2 Å². The Labute approximate surface area is 76.2 Å². The summed E-state index contributed by atoms with van der Waals surface area (Å²) >= 11 is 0. The van der Waals surface area contributed by atoms with E-state index >= 15 is 0 Å². The van der Waals surface area contributed by atoms with Gasteiger partial charge >= 0.3 is 5.69 Å². The van der Waals surface area contributed by atoms with Gasteiger partial charge in [-0.2, -0.15) is 0 Å². The number of hydrogen-bond donors (Lipinski definition) is 1. The first-order valence-corrected chi connectivity index (χ1v) is 4.51. The first kappa shape index (κ1) is 9.77. The first-order chi connectivity index (χ1) is 6.19. The van der Waals surface area contributed by atoms with Crippen molar-refractivity contribution >= 4 is 0 Å². The third kappa shape index (κ3) is 2.08. The highest BCUT2D eigenvalue weighted by molar-refractivity contribution is 5.03. The molecule has 0 aliphatic carbocycles. The van der Waals surface area contributed by atoms with Crippen molar-refractivity contribution in [2.45, 2.75) is 33.2 Å². The van der Waals surface area contributed by atoms with Crippen LogP contribution in [0.5, 0.6) is 0 Å². The quantitative estimate of drug-likeness (QED) is 0.740. The van der Waals surface area contributed by atoms with E-state index in [4.69, 9.17) is 0 Å². The number of aryl methyl sites for hydroxylation is 2. The molecule has 0 aliphatic rings. The fraction of sp³-hybridized carbons (Fsp3) is 0.556. The second-order valence-corrected chi connectivity index (χ2v) is 2.96. The molecule has 0 amide bonds. The Morgan fingerprint density at radius 2 is 2.08 bits per heavy atom. The summed E-state index contributed by atoms with van der Waals surface area (Å²) in [5.74, 6) is 0. The van der Waals surface area contributed by atoms with E-state index in [1.807, 2.05) is 13.8 Å². The van der Waals surface area contributed by atoms with Gasteiger partial charge in [0, 0.05) is 18.3 Å². The molecule has 4 nitrogen and oxygen atoms in total. The van der Waals surface area contributed by atoms with E-state index in [0.717, 1.165) is 6.42 Å². The highest BCUT2D eigenvalue weighted by atomic mass is 16.2. The molecular formula is C9H14N2O2. The molecule has 0 aliphatic heterocycles. The minimum absolute atomic E-state index is 0.264. The lowest BCUT2D eigenvalue weighted by Gasteiger charge is -2.03. The Bertz CT molecular complexity index is 389. The molecule has 1 aromatic rings. The molecule has 4 heteroatoms. The van der Waals surface area contributed by atoms with Crippen LogP contribution in [0.2, 0.25) is 0 Å². The number of nitrogens with zero attached hydrogens (tertiary/aromatic N) is 1. The van der Waals surface area contributed by atoms with E-state index in [1.165, 1.54) is 0 Å². The molecule has 0 unspecified atom stereocenters. The van der Waals surface area contributed by atoms with Crippen molar-refractivity contribution in [2.75, 3.05) is 0 Å². The number of rotatable bonds is 3. The van der Waals surface area contributed by atoms with Crippen LogP contribution in [0, 0.1) is 0 Å². The van der Waals surface area contributed by atoms with Gasteiger partial charge in [-0.25, -0.2) is 4.79 Å².